The molecule has 2 aromatic rings. The smallest absolute Gasteiger partial charge is 0.266 e. The first-order valence-electron chi connectivity index (χ1n) is 6.25. The summed E-state index contributed by atoms with van der Waals surface area (Å²) in [6.45, 7) is 3.66. The van der Waals surface area contributed by atoms with E-state index in [1.54, 1.807) is 13.0 Å². The van der Waals surface area contributed by atoms with E-state index in [2.05, 4.69) is 33.1 Å². The molecule has 1 amide bonds. The molecule has 20 heavy (non-hydrogen) atoms. The first kappa shape index (κ1) is 14.8. The van der Waals surface area contributed by atoms with Gasteiger partial charge in [0.2, 0.25) is 0 Å². The standard InChI is InChI=1S/C14H15IN2O3/c1-3-12(19-11-6-4-5-10(15)8-11)14(18)16-13-7-9(2)20-17-13/h4-8,12H,3H2,1-2H3,(H,16,17,18). The number of aromatic nitrogens is 1. The summed E-state index contributed by atoms with van der Waals surface area (Å²) in [5.41, 5.74) is 0. The Morgan fingerprint density at radius 3 is 2.90 bits per heavy atom. The Balaban J connectivity index is 2.02. The third-order valence-electron chi connectivity index (χ3n) is 2.62. The molecule has 1 N–H and O–H groups in total. The first-order chi connectivity index (χ1) is 9.58. The van der Waals surface area contributed by atoms with E-state index >= 15 is 0 Å². The third kappa shape index (κ3) is 3.96. The first-order valence-corrected chi connectivity index (χ1v) is 7.32. The Labute approximate surface area is 130 Å². The van der Waals surface area contributed by atoms with Gasteiger partial charge in [-0.3, -0.25) is 4.79 Å². The number of carbonyl (C=O) groups is 1. The molecular formula is C14H15IN2O3. The van der Waals surface area contributed by atoms with E-state index in [0.717, 1.165) is 3.57 Å². The minimum Gasteiger partial charge on any atom is -0.481 e. The Bertz CT molecular complexity index is 598. The van der Waals surface area contributed by atoms with E-state index < -0.39 is 6.10 Å². The molecule has 0 aliphatic rings. The molecule has 1 unspecified atom stereocenters. The van der Waals surface area contributed by atoms with E-state index in [0.29, 0.717) is 23.7 Å². The molecular weight excluding hydrogens is 371 g/mol. The van der Waals surface area contributed by atoms with Crippen LogP contribution in [0.2, 0.25) is 0 Å². The SMILES string of the molecule is CCC(Oc1cccc(I)c1)C(=O)Nc1cc(C)on1. The lowest BCUT2D eigenvalue weighted by molar-refractivity contribution is -0.122. The highest BCUT2D eigenvalue weighted by Crippen LogP contribution is 2.18. The van der Waals surface area contributed by atoms with Gasteiger partial charge in [-0.15, -0.1) is 0 Å². The molecule has 106 valence electrons. The van der Waals surface area contributed by atoms with Crippen LogP contribution in [-0.4, -0.2) is 17.2 Å². The third-order valence-corrected chi connectivity index (χ3v) is 3.29. The largest absolute Gasteiger partial charge is 0.481 e. The van der Waals surface area contributed by atoms with Crippen LogP contribution in [0.5, 0.6) is 5.75 Å². The lowest BCUT2D eigenvalue weighted by atomic mass is 10.2. The second-order valence-corrected chi connectivity index (χ2v) is 5.53. The van der Waals surface area contributed by atoms with Crippen LogP contribution in [0.25, 0.3) is 0 Å². The van der Waals surface area contributed by atoms with E-state index in [4.69, 9.17) is 9.26 Å². The number of ether oxygens (including phenoxy) is 1. The molecule has 0 aliphatic carbocycles. The van der Waals surface area contributed by atoms with Crippen molar-refractivity contribution in [3.8, 4) is 5.75 Å². The fraction of sp³-hybridized carbons (Fsp3) is 0.286. The van der Waals surface area contributed by atoms with Gasteiger partial charge in [0.15, 0.2) is 11.9 Å². The molecule has 0 saturated carbocycles. The monoisotopic (exact) mass is 386 g/mol. The molecule has 0 fully saturated rings. The molecule has 1 atom stereocenters. The molecule has 1 aromatic heterocycles. The zero-order chi connectivity index (χ0) is 14.5. The number of rotatable bonds is 5. The average molecular weight is 386 g/mol. The van der Waals surface area contributed by atoms with E-state index in [1.165, 1.54) is 0 Å². The maximum absolute atomic E-state index is 12.1. The van der Waals surface area contributed by atoms with Crippen molar-refractivity contribution in [2.45, 2.75) is 26.4 Å². The van der Waals surface area contributed by atoms with Crippen molar-refractivity contribution in [1.29, 1.82) is 0 Å². The van der Waals surface area contributed by atoms with E-state index in [9.17, 15) is 4.79 Å². The molecule has 1 heterocycles. The zero-order valence-electron chi connectivity index (χ0n) is 11.2. The highest BCUT2D eigenvalue weighted by molar-refractivity contribution is 14.1. The summed E-state index contributed by atoms with van der Waals surface area (Å²) in [5, 5.41) is 6.41. The fourth-order valence-electron chi connectivity index (χ4n) is 1.66. The number of nitrogens with zero attached hydrogens (tertiary/aromatic N) is 1. The van der Waals surface area contributed by atoms with Crippen LogP contribution < -0.4 is 10.1 Å². The van der Waals surface area contributed by atoms with Gasteiger partial charge >= 0.3 is 0 Å². The summed E-state index contributed by atoms with van der Waals surface area (Å²) in [5.74, 6) is 1.49. The maximum atomic E-state index is 12.1. The van der Waals surface area contributed by atoms with Gasteiger partial charge < -0.3 is 14.6 Å². The molecule has 6 heteroatoms. The number of halogens is 1. The van der Waals surface area contributed by atoms with Gasteiger partial charge in [0, 0.05) is 9.64 Å². The second-order valence-electron chi connectivity index (χ2n) is 4.28. The Hall–Kier alpha value is -1.57. The van der Waals surface area contributed by atoms with Gasteiger partial charge in [-0.1, -0.05) is 18.1 Å². The number of hydrogen-bond acceptors (Lipinski definition) is 4. The van der Waals surface area contributed by atoms with E-state index in [1.807, 2.05) is 31.2 Å². The van der Waals surface area contributed by atoms with Crippen molar-refractivity contribution >= 4 is 34.3 Å². The molecule has 5 nitrogen and oxygen atoms in total. The topological polar surface area (TPSA) is 64.4 Å². The predicted molar refractivity (Wildman–Crippen MR) is 83.7 cm³/mol. The number of amides is 1. The van der Waals surface area contributed by atoms with Crippen molar-refractivity contribution in [2.75, 3.05) is 5.32 Å². The summed E-state index contributed by atoms with van der Waals surface area (Å²) >= 11 is 2.20. The van der Waals surface area contributed by atoms with Gasteiger partial charge in [-0.25, -0.2) is 0 Å². The van der Waals surface area contributed by atoms with Crippen LogP contribution in [0, 0.1) is 10.5 Å². The van der Waals surface area contributed by atoms with E-state index in [-0.39, 0.29) is 5.91 Å². The zero-order valence-corrected chi connectivity index (χ0v) is 13.4. The van der Waals surface area contributed by atoms with Crippen LogP contribution in [0.1, 0.15) is 19.1 Å². The molecule has 0 aliphatic heterocycles. The van der Waals surface area contributed by atoms with Crippen molar-refractivity contribution in [3.05, 3.63) is 39.7 Å². The highest BCUT2D eigenvalue weighted by atomic mass is 127. The molecule has 0 saturated heterocycles. The van der Waals surface area contributed by atoms with Gasteiger partial charge in [-0.05, 0) is 54.1 Å². The van der Waals surface area contributed by atoms with Crippen LogP contribution >= 0.6 is 22.6 Å². The van der Waals surface area contributed by atoms with Crippen LogP contribution in [-0.2, 0) is 4.79 Å². The fourth-order valence-corrected chi connectivity index (χ4v) is 2.17. The Morgan fingerprint density at radius 2 is 2.30 bits per heavy atom. The quantitative estimate of drug-likeness (QED) is 0.801. The number of anilines is 1. The number of hydrogen-bond donors (Lipinski definition) is 1. The summed E-state index contributed by atoms with van der Waals surface area (Å²) in [6.07, 6.45) is -0.000993. The summed E-state index contributed by atoms with van der Waals surface area (Å²) in [7, 11) is 0. The van der Waals surface area contributed by atoms with Crippen LogP contribution in [0.15, 0.2) is 34.9 Å². The van der Waals surface area contributed by atoms with Crippen LogP contribution in [0.4, 0.5) is 5.82 Å². The van der Waals surface area contributed by atoms with Gasteiger partial charge in [0.1, 0.15) is 11.5 Å². The minimum atomic E-state index is -0.565. The average Bonchev–Trinajstić information content (AvgIpc) is 2.81. The molecule has 0 bridgehead atoms. The Kier molecular flexibility index (Phi) is 4.99. The predicted octanol–water partition coefficient (Wildman–Crippen LogP) is 3.38. The molecule has 0 radical (unpaired) electrons. The summed E-state index contributed by atoms with van der Waals surface area (Å²) in [4.78, 5) is 12.1. The number of benzene rings is 1. The summed E-state index contributed by atoms with van der Waals surface area (Å²) < 4.78 is 11.7. The number of aryl methyl sites for hydroxylation is 1. The molecule has 2 rings (SSSR count). The van der Waals surface area contributed by atoms with Crippen LogP contribution in [0.3, 0.4) is 0 Å². The van der Waals surface area contributed by atoms with Crippen molar-refractivity contribution in [3.63, 3.8) is 0 Å². The molecule has 0 spiro atoms. The van der Waals surface area contributed by atoms with Crippen molar-refractivity contribution < 1.29 is 14.1 Å². The Morgan fingerprint density at radius 1 is 1.50 bits per heavy atom. The lowest BCUT2D eigenvalue weighted by Gasteiger charge is -2.16. The van der Waals surface area contributed by atoms with Gasteiger partial charge in [0.25, 0.3) is 5.91 Å². The van der Waals surface area contributed by atoms with Gasteiger partial charge in [0.05, 0.1) is 0 Å². The normalized spacial score (nSPS) is 11.9. The van der Waals surface area contributed by atoms with Gasteiger partial charge in [-0.2, -0.15) is 0 Å². The number of nitrogens with one attached hydrogen (secondary N) is 1. The highest BCUT2D eigenvalue weighted by Gasteiger charge is 2.19. The number of carbonyl (C=O) groups excluding carboxylic acids is 1. The summed E-state index contributed by atoms with van der Waals surface area (Å²) in [6, 6.07) is 9.24. The maximum Gasteiger partial charge on any atom is 0.266 e. The van der Waals surface area contributed by atoms with Crippen molar-refractivity contribution in [1.82, 2.24) is 5.16 Å². The molecule has 1 aromatic carbocycles. The second kappa shape index (κ2) is 6.74. The van der Waals surface area contributed by atoms with Crippen molar-refractivity contribution in [2.24, 2.45) is 0 Å². The lowest BCUT2D eigenvalue weighted by Crippen LogP contribution is -2.32. The minimum absolute atomic E-state index is 0.236.